The van der Waals surface area contributed by atoms with Gasteiger partial charge in [-0.15, -0.1) is 0 Å². The van der Waals surface area contributed by atoms with Gasteiger partial charge >= 0.3 is 0 Å². The highest BCUT2D eigenvalue weighted by Crippen LogP contribution is 2.21. The Morgan fingerprint density at radius 3 is 2.29 bits per heavy atom. The molecule has 0 unspecified atom stereocenters. The van der Waals surface area contributed by atoms with Gasteiger partial charge in [-0.2, -0.15) is 4.31 Å². The first-order valence-electron chi connectivity index (χ1n) is 9.45. The van der Waals surface area contributed by atoms with Gasteiger partial charge in [-0.1, -0.05) is 58.6 Å². The number of aryl methyl sites for hydroxylation is 1. The number of halogens is 1. The van der Waals surface area contributed by atoms with Crippen LogP contribution in [0.3, 0.4) is 0 Å². The van der Waals surface area contributed by atoms with E-state index in [0.717, 1.165) is 41.3 Å². The number of sulfonamides is 1. The van der Waals surface area contributed by atoms with Crippen LogP contribution in [0.1, 0.15) is 36.8 Å². The maximum atomic E-state index is 13.2. The molecule has 0 bridgehead atoms. The van der Waals surface area contributed by atoms with Gasteiger partial charge in [0.2, 0.25) is 15.9 Å². The second-order valence-electron chi connectivity index (χ2n) is 7.26. The normalized spacial score (nSPS) is 15.1. The highest BCUT2D eigenvalue weighted by molar-refractivity contribution is 9.10. The SMILES string of the molecule is Cc1ccc(S(=O)(=O)N(CC(=O)NC2CCCC2)Cc2ccc(Br)cc2)cc1. The van der Waals surface area contributed by atoms with Crippen molar-refractivity contribution in [2.24, 2.45) is 0 Å². The molecule has 1 N–H and O–H groups in total. The molecule has 0 aliphatic heterocycles. The topological polar surface area (TPSA) is 66.5 Å². The number of rotatable bonds is 7. The van der Waals surface area contributed by atoms with Crippen LogP contribution in [0, 0.1) is 6.92 Å². The number of carbonyl (C=O) groups is 1. The molecule has 0 spiro atoms. The van der Waals surface area contributed by atoms with Crippen LogP contribution in [0.15, 0.2) is 57.9 Å². The zero-order valence-corrected chi connectivity index (χ0v) is 18.3. The van der Waals surface area contributed by atoms with E-state index in [1.165, 1.54) is 4.31 Å². The van der Waals surface area contributed by atoms with Crippen molar-refractivity contribution in [2.45, 2.75) is 50.1 Å². The minimum absolute atomic E-state index is 0.140. The van der Waals surface area contributed by atoms with E-state index in [0.29, 0.717) is 0 Å². The first-order valence-corrected chi connectivity index (χ1v) is 11.7. The van der Waals surface area contributed by atoms with Crippen LogP contribution in [0.2, 0.25) is 0 Å². The number of hydrogen-bond donors (Lipinski definition) is 1. The maximum absolute atomic E-state index is 13.2. The zero-order chi connectivity index (χ0) is 20.1. The lowest BCUT2D eigenvalue weighted by atomic mass is 10.2. The maximum Gasteiger partial charge on any atom is 0.243 e. The molecule has 0 radical (unpaired) electrons. The molecule has 150 valence electrons. The molecule has 2 aromatic carbocycles. The minimum atomic E-state index is -3.79. The fraction of sp³-hybridized carbons (Fsp3) is 0.381. The third-order valence-electron chi connectivity index (χ3n) is 4.97. The van der Waals surface area contributed by atoms with Gasteiger partial charge in [-0.05, 0) is 49.6 Å². The summed E-state index contributed by atoms with van der Waals surface area (Å²) in [5, 5.41) is 2.98. The fourth-order valence-electron chi connectivity index (χ4n) is 3.38. The lowest BCUT2D eigenvalue weighted by Crippen LogP contribution is -2.43. The molecule has 2 aromatic rings. The van der Waals surface area contributed by atoms with Crippen molar-refractivity contribution < 1.29 is 13.2 Å². The largest absolute Gasteiger partial charge is 0.352 e. The van der Waals surface area contributed by atoms with Gasteiger partial charge in [0.25, 0.3) is 0 Å². The molecule has 1 fully saturated rings. The number of amides is 1. The van der Waals surface area contributed by atoms with Crippen molar-refractivity contribution in [1.29, 1.82) is 0 Å². The number of nitrogens with one attached hydrogen (secondary N) is 1. The minimum Gasteiger partial charge on any atom is -0.352 e. The Labute approximate surface area is 175 Å². The second-order valence-corrected chi connectivity index (χ2v) is 10.1. The molecule has 0 heterocycles. The van der Waals surface area contributed by atoms with Gasteiger partial charge in [-0.25, -0.2) is 8.42 Å². The van der Waals surface area contributed by atoms with E-state index in [1.54, 1.807) is 24.3 Å². The molecule has 0 atom stereocenters. The first kappa shape index (κ1) is 21.0. The summed E-state index contributed by atoms with van der Waals surface area (Å²) >= 11 is 3.39. The summed E-state index contributed by atoms with van der Waals surface area (Å²) in [4.78, 5) is 12.8. The van der Waals surface area contributed by atoms with Crippen molar-refractivity contribution in [1.82, 2.24) is 9.62 Å². The summed E-state index contributed by atoms with van der Waals surface area (Å²) in [6.45, 7) is 1.86. The molecule has 3 rings (SSSR count). The van der Waals surface area contributed by atoms with E-state index in [9.17, 15) is 13.2 Å². The molecule has 1 aliphatic rings. The molecule has 5 nitrogen and oxygen atoms in total. The average Bonchev–Trinajstić information content (AvgIpc) is 3.16. The smallest absolute Gasteiger partial charge is 0.243 e. The highest BCUT2D eigenvalue weighted by atomic mass is 79.9. The monoisotopic (exact) mass is 464 g/mol. The van der Waals surface area contributed by atoms with Crippen LogP contribution in [-0.4, -0.2) is 31.2 Å². The lowest BCUT2D eigenvalue weighted by molar-refractivity contribution is -0.122. The number of nitrogens with zero attached hydrogens (tertiary/aromatic N) is 1. The second kappa shape index (κ2) is 9.20. The van der Waals surface area contributed by atoms with Gasteiger partial charge < -0.3 is 5.32 Å². The van der Waals surface area contributed by atoms with Crippen LogP contribution in [0.25, 0.3) is 0 Å². The van der Waals surface area contributed by atoms with Crippen molar-refractivity contribution in [3.63, 3.8) is 0 Å². The predicted octanol–water partition coefficient (Wildman–Crippen LogP) is 4.01. The van der Waals surface area contributed by atoms with E-state index in [1.807, 2.05) is 31.2 Å². The van der Waals surface area contributed by atoms with Crippen molar-refractivity contribution in [3.05, 3.63) is 64.1 Å². The fourth-order valence-corrected chi connectivity index (χ4v) is 5.03. The lowest BCUT2D eigenvalue weighted by Gasteiger charge is -2.23. The number of benzene rings is 2. The summed E-state index contributed by atoms with van der Waals surface area (Å²) in [6, 6.07) is 14.3. The Morgan fingerprint density at radius 1 is 1.07 bits per heavy atom. The molecule has 1 saturated carbocycles. The Morgan fingerprint density at radius 2 is 1.68 bits per heavy atom. The first-order chi connectivity index (χ1) is 13.3. The van der Waals surface area contributed by atoms with Gasteiger partial charge in [0.05, 0.1) is 11.4 Å². The van der Waals surface area contributed by atoms with Crippen LogP contribution in [0.4, 0.5) is 0 Å². The molecule has 0 aromatic heterocycles. The summed E-state index contributed by atoms with van der Waals surface area (Å²) in [7, 11) is -3.79. The van der Waals surface area contributed by atoms with Crippen LogP contribution in [0.5, 0.6) is 0 Å². The highest BCUT2D eigenvalue weighted by Gasteiger charge is 2.28. The Bertz CT molecular complexity index is 906. The van der Waals surface area contributed by atoms with Crippen molar-refractivity contribution >= 4 is 31.9 Å². The zero-order valence-electron chi connectivity index (χ0n) is 15.9. The van der Waals surface area contributed by atoms with Crippen LogP contribution < -0.4 is 5.32 Å². The Kier molecular flexibility index (Phi) is 6.91. The summed E-state index contributed by atoms with van der Waals surface area (Å²) < 4.78 is 28.6. The van der Waals surface area contributed by atoms with Gasteiger partial charge in [0.15, 0.2) is 0 Å². The van der Waals surface area contributed by atoms with Gasteiger partial charge in [0, 0.05) is 17.1 Å². The van der Waals surface area contributed by atoms with E-state index in [2.05, 4.69) is 21.2 Å². The molecular formula is C21H25BrN2O3S. The average molecular weight is 465 g/mol. The van der Waals surface area contributed by atoms with Gasteiger partial charge in [0.1, 0.15) is 0 Å². The molecule has 0 saturated heterocycles. The standard InChI is InChI=1S/C21H25BrN2O3S/c1-16-6-12-20(13-7-16)28(26,27)24(14-17-8-10-18(22)11-9-17)15-21(25)23-19-4-2-3-5-19/h6-13,19H,2-5,14-15H2,1H3,(H,23,25). The Balaban J connectivity index is 1.83. The van der Waals surface area contributed by atoms with Crippen molar-refractivity contribution in [3.8, 4) is 0 Å². The third-order valence-corrected chi connectivity index (χ3v) is 7.31. The Hall–Kier alpha value is -1.70. The molecule has 1 aliphatic carbocycles. The molecule has 28 heavy (non-hydrogen) atoms. The van der Waals surface area contributed by atoms with E-state index in [4.69, 9.17) is 0 Å². The predicted molar refractivity (Wildman–Crippen MR) is 113 cm³/mol. The van der Waals surface area contributed by atoms with Crippen LogP contribution in [-0.2, 0) is 21.4 Å². The van der Waals surface area contributed by atoms with E-state index < -0.39 is 10.0 Å². The van der Waals surface area contributed by atoms with Crippen molar-refractivity contribution in [2.75, 3.05) is 6.54 Å². The third kappa shape index (κ3) is 5.43. The molecule has 7 heteroatoms. The van der Waals surface area contributed by atoms with E-state index in [-0.39, 0.29) is 29.9 Å². The van der Waals surface area contributed by atoms with Gasteiger partial charge in [-0.3, -0.25) is 4.79 Å². The summed E-state index contributed by atoms with van der Waals surface area (Å²) in [5.41, 5.74) is 1.81. The quantitative estimate of drug-likeness (QED) is 0.672. The van der Waals surface area contributed by atoms with E-state index >= 15 is 0 Å². The molecule has 1 amide bonds. The summed E-state index contributed by atoms with van der Waals surface area (Å²) in [5.74, 6) is -0.250. The van der Waals surface area contributed by atoms with Crippen LogP contribution >= 0.6 is 15.9 Å². The summed E-state index contributed by atoms with van der Waals surface area (Å²) in [6.07, 6.45) is 4.14. The number of hydrogen-bond acceptors (Lipinski definition) is 3. The molecular weight excluding hydrogens is 440 g/mol. The number of carbonyl (C=O) groups excluding carboxylic acids is 1.